The van der Waals surface area contributed by atoms with E-state index in [2.05, 4.69) is 24.6 Å². The van der Waals surface area contributed by atoms with Crippen LogP contribution in [0.1, 0.15) is 50.4 Å². The van der Waals surface area contributed by atoms with Gasteiger partial charge in [-0.15, -0.1) is 0 Å². The van der Waals surface area contributed by atoms with Crippen molar-refractivity contribution in [2.24, 2.45) is 0 Å². The highest BCUT2D eigenvalue weighted by atomic mass is 16.2. The van der Waals surface area contributed by atoms with E-state index in [9.17, 15) is 9.59 Å². The van der Waals surface area contributed by atoms with Crippen LogP contribution in [0.25, 0.3) is 0 Å². The number of amides is 2. The molecule has 2 amide bonds. The molecule has 1 aliphatic heterocycles. The summed E-state index contributed by atoms with van der Waals surface area (Å²) < 4.78 is 0. The zero-order valence-electron chi connectivity index (χ0n) is 12.8. The molecule has 1 aliphatic rings. The van der Waals surface area contributed by atoms with Crippen molar-refractivity contribution in [2.45, 2.75) is 52.1 Å². The Morgan fingerprint density at radius 1 is 1.19 bits per heavy atom. The van der Waals surface area contributed by atoms with Gasteiger partial charge in [-0.3, -0.25) is 10.2 Å². The average Bonchev–Trinajstić information content (AvgIpc) is 2.43. The van der Waals surface area contributed by atoms with E-state index >= 15 is 0 Å². The minimum Gasteiger partial charge on any atom is -0.307 e. The molecule has 1 heterocycles. The summed E-state index contributed by atoms with van der Waals surface area (Å²) in [5.74, 6) is -0.0164. The third kappa shape index (κ3) is 4.04. The fraction of sp³-hybridized carbons (Fsp3) is 0.500. The number of hydrogen-bond acceptors (Lipinski definition) is 3. The highest BCUT2D eigenvalue weighted by Crippen LogP contribution is 2.20. The van der Waals surface area contributed by atoms with Gasteiger partial charge in [-0.1, -0.05) is 18.6 Å². The van der Waals surface area contributed by atoms with Crippen molar-refractivity contribution in [3.63, 3.8) is 0 Å². The number of hydrogen-bond donors (Lipinski definition) is 2. The van der Waals surface area contributed by atoms with Gasteiger partial charge in [0.25, 0.3) is 0 Å². The molecule has 0 unspecified atom stereocenters. The van der Waals surface area contributed by atoms with E-state index in [1.807, 2.05) is 5.01 Å². The number of rotatable bonds is 3. The number of hydrazine groups is 1. The predicted molar refractivity (Wildman–Crippen MR) is 83.2 cm³/mol. The van der Waals surface area contributed by atoms with Crippen LogP contribution in [0.3, 0.4) is 0 Å². The summed E-state index contributed by atoms with van der Waals surface area (Å²) in [4.78, 5) is 23.5. The molecule has 0 bridgehead atoms. The highest BCUT2D eigenvalue weighted by molar-refractivity contribution is 5.96. The van der Waals surface area contributed by atoms with Crippen molar-refractivity contribution in [2.75, 3.05) is 5.32 Å². The first kappa shape index (κ1) is 15.5. The Kier molecular flexibility index (Phi) is 4.96. The lowest BCUT2D eigenvalue weighted by Gasteiger charge is -2.38. The van der Waals surface area contributed by atoms with E-state index < -0.39 is 0 Å². The summed E-state index contributed by atoms with van der Waals surface area (Å²) in [5.41, 5.74) is 4.13. The third-order valence-electron chi connectivity index (χ3n) is 3.95. The van der Waals surface area contributed by atoms with Gasteiger partial charge in [0.05, 0.1) is 0 Å². The van der Waals surface area contributed by atoms with Crippen LogP contribution in [-0.2, 0) is 0 Å². The van der Waals surface area contributed by atoms with E-state index in [1.54, 1.807) is 24.3 Å². The summed E-state index contributed by atoms with van der Waals surface area (Å²) in [6.45, 7) is 5.74. The average molecular weight is 289 g/mol. The number of nitrogens with zero attached hydrogens (tertiary/aromatic N) is 1. The SMILES string of the molecule is CC(=O)c1cccc(NC(=O)NN2[C@@H](C)CCC[C@@H]2C)c1. The predicted octanol–water partition coefficient (Wildman–Crippen LogP) is 3.19. The van der Waals surface area contributed by atoms with Crippen LogP contribution < -0.4 is 10.7 Å². The van der Waals surface area contributed by atoms with Crippen molar-refractivity contribution in [3.05, 3.63) is 29.8 Å². The minimum absolute atomic E-state index is 0.0164. The van der Waals surface area contributed by atoms with Crippen LogP contribution in [-0.4, -0.2) is 28.9 Å². The largest absolute Gasteiger partial charge is 0.333 e. The van der Waals surface area contributed by atoms with Gasteiger partial charge in [-0.2, -0.15) is 0 Å². The summed E-state index contributed by atoms with van der Waals surface area (Å²) in [7, 11) is 0. The summed E-state index contributed by atoms with van der Waals surface area (Å²) in [6.07, 6.45) is 3.37. The number of Topliss-reactive ketones (excluding diaryl/α,β-unsaturated/α-hetero) is 1. The standard InChI is InChI=1S/C16H23N3O2/c1-11-6-4-7-12(2)19(11)18-16(21)17-15-9-5-8-14(10-15)13(3)20/h5,8-12H,4,6-7H2,1-3H3,(H2,17,18,21)/t11-,12-/m0/s1. The first-order valence-electron chi connectivity index (χ1n) is 7.44. The first-order chi connectivity index (χ1) is 9.97. The summed E-state index contributed by atoms with van der Waals surface area (Å²) in [6, 6.07) is 7.36. The number of benzene rings is 1. The molecular weight excluding hydrogens is 266 g/mol. The number of ketones is 1. The molecule has 0 aromatic heterocycles. The third-order valence-corrected chi connectivity index (χ3v) is 3.95. The fourth-order valence-electron chi connectivity index (χ4n) is 2.73. The van der Waals surface area contributed by atoms with Gasteiger partial charge in [-0.05, 0) is 45.7 Å². The Hall–Kier alpha value is -1.88. The fourth-order valence-corrected chi connectivity index (χ4v) is 2.73. The quantitative estimate of drug-likeness (QED) is 0.840. The molecule has 21 heavy (non-hydrogen) atoms. The lowest BCUT2D eigenvalue weighted by molar-refractivity contribution is 0.0625. The maximum atomic E-state index is 12.1. The van der Waals surface area contributed by atoms with Crippen LogP contribution in [0, 0.1) is 0 Å². The molecular formula is C16H23N3O2. The molecule has 1 aromatic carbocycles. The molecule has 5 nitrogen and oxygen atoms in total. The Morgan fingerprint density at radius 3 is 2.48 bits per heavy atom. The molecule has 0 saturated carbocycles. The van der Waals surface area contributed by atoms with E-state index in [0.717, 1.165) is 12.8 Å². The van der Waals surface area contributed by atoms with Crippen molar-refractivity contribution in [1.82, 2.24) is 10.4 Å². The van der Waals surface area contributed by atoms with Crippen molar-refractivity contribution in [1.29, 1.82) is 0 Å². The number of urea groups is 1. The van der Waals surface area contributed by atoms with Gasteiger partial charge in [-0.25, -0.2) is 9.80 Å². The Labute approximate surface area is 125 Å². The lowest BCUT2D eigenvalue weighted by Crippen LogP contribution is -2.55. The maximum absolute atomic E-state index is 12.1. The zero-order chi connectivity index (χ0) is 15.4. The van der Waals surface area contributed by atoms with E-state index in [4.69, 9.17) is 0 Å². The van der Waals surface area contributed by atoms with E-state index in [-0.39, 0.29) is 11.8 Å². The van der Waals surface area contributed by atoms with Crippen molar-refractivity contribution >= 4 is 17.5 Å². The molecule has 5 heteroatoms. The smallest absolute Gasteiger partial charge is 0.307 e. The Morgan fingerprint density at radius 2 is 1.86 bits per heavy atom. The van der Waals surface area contributed by atoms with Crippen LogP contribution in [0.4, 0.5) is 10.5 Å². The van der Waals surface area contributed by atoms with E-state index in [1.165, 1.54) is 13.3 Å². The van der Waals surface area contributed by atoms with Crippen LogP contribution in [0.5, 0.6) is 0 Å². The first-order valence-corrected chi connectivity index (χ1v) is 7.44. The summed E-state index contributed by atoms with van der Waals surface area (Å²) >= 11 is 0. The van der Waals surface area contributed by atoms with Crippen molar-refractivity contribution < 1.29 is 9.59 Å². The van der Waals surface area contributed by atoms with Gasteiger partial charge in [0, 0.05) is 23.3 Å². The number of piperidine rings is 1. The van der Waals surface area contributed by atoms with Gasteiger partial charge >= 0.3 is 6.03 Å². The monoisotopic (exact) mass is 289 g/mol. The molecule has 1 aromatic rings. The van der Waals surface area contributed by atoms with Crippen LogP contribution in [0.2, 0.25) is 0 Å². The normalized spacial score (nSPS) is 22.6. The zero-order valence-corrected chi connectivity index (χ0v) is 12.8. The second-order valence-electron chi connectivity index (χ2n) is 5.74. The van der Waals surface area contributed by atoms with Crippen molar-refractivity contribution in [3.8, 4) is 0 Å². The molecule has 2 N–H and O–H groups in total. The molecule has 0 spiro atoms. The number of anilines is 1. The van der Waals surface area contributed by atoms with E-state index in [0.29, 0.717) is 23.3 Å². The van der Waals surface area contributed by atoms with Crippen LogP contribution >= 0.6 is 0 Å². The molecule has 114 valence electrons. The Bertz CT molecular complexity index is 520. The van der Waals surface area contributed by atoms with Gasteiger partial charge in [0.15, 0.2) is 5.78 Å². The molecule has 2 rings (SSSR count). The Balaban J connectivity index is 1.98. The second kappa shape index (κ2) is 6.72. The second-order valence-corrected chi connectivity index (χ2v) is 5.74. The lowest BCUT2D eigenvalue weighted by atomic mass is 10.00. The maximum Gasteiger partial charge on any atom is 0.333 e. The van der Waals surface area contributed by atoms with Gasteiger partial charge in [0.1, 0.15) is 0 Å². The van der Waals surface area contributed by atoms with Gasteiger partial charge < -0.3 is 5.32 Å². The molecule has 1 fully saturated rings. The molecule has 0 radical (unpaired) electrons. The van der Waals surface area contributed by atoms with Gasteiger partial charge in [0.2, 0.25) is 0 Å². The minimum atomic E-state index is -0.267. The number of carbonyl (C=O) groups excluding carboxylic acids is 2. The number of nitrogens with one attached hydrogen (secondary N) is 2. The molecule has 0 aliphatic carbocycles. The topological polar surface area (TPSA) is 61.4 Å². The number of carbonyl (C=O) groups is 2. The molecule has 2 atom stereocenters. The highest BCUT2D eigenvalue weighted by Gasteiger charge is 2.26. The summed E-state index contributed by atoms with van der Waals surface area (Å²) in [5, 5.41) is 4.79. The van der Waals surface area contributed by atoms with Crippen LogP contribution in [0.15, 0.2) is 24.3 Å². The molecule has 1 saturated heterocycles.